The van der Waals surface area contributed by atoms with Gasteiger partial charge < -0.3 is 15.4 Å². The van der Waals surface area contributed by atoms with Crippen LogP contribution in [0.5, 0.6) is 5.75 Å². The van der Waals surface area contributed by atoms with E-state index in [0.29, 0.717) is 23.9 Å². The number of hydrogen-bond donors (Lipinski definition) is 2. The van der Waals surface area contributed by atoms with Crippen LogP contribution in [-0.2, 0) is 22.9 Å². The predicted octanol–water partition coefficient (Wildman–Crippen LogP) is 3.67. The molecular weight excluding hydrogens is 501 g/mol. The third kappa shape index (κ3) is 8.22. The zero-order chi connectivity index (χ0) is 20.7. The average Bonchev–Trinajstić information content (AvgIpc) is 2.60. The Kier molecular flexibility index (Phi) is 9.91. The molecule has 2 rings (SSSR count). The Morgan fingerprint density at radius 3 is 2.21 bits per heavy atom. The van der Waals surface area contributed by atoms with Crippen LogP contribution in [0.1, 0.15) is 30.5 Å². The van der Waals surface area contributed by atoms with Crippen LogP contribution in [0.15, 0.2) is 52.4 Å². The Balaban J connectivity index is 0.00000420. The summed E-state index contributed by atoms with van der Waals surface area (Å²) in [6.07, 6.45) is 1.36. The molecule has 2 aromatic carbocycles. The number of guanidine groups is 1. The summed E-state index contributed by atoms with van der Waals surface area (Å²) in [5.41, 5.74) is 2.82. The molecule has 29 heavy (non-hydrogen) atoms. The van der Waals surface area contributed by atoms with Crippen LogP contribution in [0.2, 0.25) is 0 Å². The lowest BCUT2D eigenvalue weighted by Gasteiger charge is -2.14. The average molecular weight is 531 g/mol. The minimum atomic E-state index is -3.20. The van der Waals surface area contributed by atoms with E-state index in [1.54, 1.807) is 20.0 Å². The highest BCUT2D eigenvalue weighted by molar-refractivity contribution is 14.0. The van der Waals surface area contributed by atoms with Gasteiger partial charge in [-0.2, -0.15) is 0 Å². The fourth-order valence-electron chi connectivity index (χ4n) is 2.83. The summed E-state index contributed by atoms with van der Waals surface area (Å²) in [5.74, 6) is 1.51. The van der Waals surface area contributed by atoms with Crippen molar-refractivity contribution < 1.29 is 13.2 Å². The van der Waals surface area contributed by atoms with Gasteiger partial charge >= 0.3 is 0 Å². The van der Waals surface area contributed by atoms with E-state index in [9.17, 15) is 8.42 Å². The second-order valence-electron chi connectivity index (χ2n) is 6.97. The fourth-order valence-corrected chi connectivity index (χ4v) is 3.79. The molecule has 0 saturated heterocycles. The molecular formula is C21H30IN3O3S. The van der Waals surface area contributed by atoms with Gasteiger partial charge in [0.15, 0.2) is 15.8 Å². The molecule has 0 unspecified atom stereocenters. The molecule has 0 atom stereocenters. The van der Waals surface area contributed by atoms with Gasteiger partial charge in [-0.1, -0.05) is 24.3 Å². The van der Waals surface area contributed by atoms with E-state index in [4.69, 9.17) is 4.74 Å². The van der Waals surface area contributed by atoms with Crippen molar-refractivity contribution in [2.24, 2.45) is 4.99 Å². The van der Waals surface area contributed by atoms with Crippen LogP contribution >= 0.6 is 24.0 Å². The number of nitrogens with zero attached hydrogens (tertiary/aromatic N) is 1. The molecule has 0 aliphatic heterocycles. The van der Waals surface area contributed by atoms with Crippen LogP contribution in [0, 0.1) is 6.92 Å². The molecule has 0 radical (unpaired) electrons. The van der Waals surface area contributed by atoms with Crippen molar-refractivity contribution >= 4 is 39.8 Å². The van der Waals surface area contributed by atoms with Gasteiger partial charge in [0.05, 0.1) is 11.0 Å². The fraction of sp³-hybridized carbons (Fsp3) is 0.381. The quantitative estimate of drug-likeness (QED) is 0.324. The topological polar surface area (TPSA) is 79.8 Å². The molecule has 0 heterocycles. The van der Waals surface area contributed by atoms with Crippen molar-refractivity contribution in [3.8, 4) is 5.75 Å². The third-order valence-corrected chi connectivity index (χ3v) is 5.31. The summed E-state index contributed by atoms with van der Waals surface area (Å²) in [6, 6.07) is 13.3. The van der Waals surface area contributed by atoms with Gasteiger partial charge in [0.2, 0.25) is 0 Å². The molecule has 0 amide bonds. The van der Waals surface area contributed by atoms with Gasteiger partial charge in [-0.15, -0.1) is 24.0 Å². The van der Waals surface area contributed by atoms with Crippen molar-refractivity contribution in [3.63, 3.8) is 0 Å². The summed E-state index contributed by atoms with van der Waals surface area (Å²) < 4.78 is 29.2. The highest BCUT2D eigenvalue weighted by Gasteiger charge is 2.11. The predicted molar refractivity (Wildman–Crippen MR) is 129 cm³/mol. The SMILES string of the molecule is CN=C(NCc1cccc(OC(C)C)c1)NCc1ccc(S(C)(=O)=O)c(C)c1.I. The first-order chi connectivity index (χ1) is 13.2. The maximum atomic E-state index is 11.7. The van der Waals surface area contributed by atoms with E-state index in [2.05, 4.69) is 15.6 Å². The van der Waals surface area contributed by atoms with Gasteiger partial charge in [-0.25, -0.2) is 8.42 Å². The van der Waals surface area contributed by atoms with Crippen LogP contribution in [0.3, 0.4) is 0 Å². The van der Waals surface area contributed by atoms with Gasteiger partial charge in [0.25, 0.3) is 0 Å². The number of sulfone groups is 1. The summed E-state index contributed by atoms with van der Waals surface area (Å²) >= 11 is 0. The van der Waals surface area contributed by atoms with E-state index < -0.39 is 9.84 Å². The Bertz CT molecular complexity index is 944. The number of aliphatic imine (C=N–C) groups is 1. The van der Waals surface area contributed by atoms with E-state index in [1.165, 1.54) is 6.26 Å². The number of benzene rings is 2. The Morgan fingerprint density at radius 2 is 1.69 bits per heavy atom. The standard InChI is InChI=1S/C21H29N3O3S.HI/c1-15(2)27-19-8-6-7-17(12-19)13-23-21(22-4)24-14-18-9-10-20(16(3)11-18)28(5,25)26;/h6-12,15H,13-14H2,1-5H3,(H2,22,23,24);1H. The number of rotatable bonds is 7. The van der Waals surface area contributed by atoms with Crippen molar-refractivity contribution in [2.45, 2.75) is 44.9 Å². The molecule has 6 nitrogen and oxygen atoms in total. The number of ether oxygens (including phenoxy) is 1. The molecule has 160 valence electrons. The maximum absolute atomic E-state index is 11.7. The lowest BCUT2D eigenvalue weighted by molar-refractivity contribution is 0.242. The van der Waals surface area contributed by atoms with E-state index >= 15 is 0 Å². The smallest absolute Gasteiger partial charge is 0.191 e. The number of halogens is 1. The molecule has 0 spiro atoms. The molecule has 0 aliphatic carbocycles. The van der Waals surface area contributed by atoms with Crippen LogP contribution in [-0.4, -0.2) is 33.8 Å². The zero-order valence-corrected chi connectivity index (χ0v) is 20.7. The highest BCUT2D eigenvalue weighted by Crippen LogP contribution is 2.17. The summed E-state index contributed by atoms with van der Waals surface area (Å²) in [7, 11) is -1.49. The Morgan fingerprint density at radius 1 is 1.07 bits per heavy atom. The maximum Gasteiger partial charge on any atom is 0.191 e. The van der Waals surface area contributed by atoms with Gasteiger partial charge in [0, 0.05) is 26.4 Å². The molecule has 0 aromatic heterocycles. The normalized spacial score (nSPS) is 11.7. The van der Waals surface area contributed by atoms with Crippen molar-refractivity contribution in [1.82, 2.24) is 10.6 Å². The monoisotopic (exact) mass is 531 g/mol. The summed E-state index contributed by atoms with van der Waals surface area (Å²) in [5, 5.41) is 6.52. The van der Waals surface area contributed by atoms with E-state index in [1.807, 2.05) is 50.2 Å². The van der Waals surface area contributed by atoms with Crippen molar-refractivity contribution in [3.05, 3.63) is 59.2 Å². The first kappa shape index (κ1) is 25.2. The molecule has 0 bridgehead atoms. The van der Waals surface area contributed by atoms with Crippen LogP contribution < -0.4 is 15.4 Å². The number of nitrogens with one attached hydrogen (secondary N) is 2. The van der Waals surface area contributed by atoms with E-state index in [0.717, 1.165) is 22.4 Å². The second kappa shape index (κ2) is 11.4. The van der Waals surface area contributed by atoms with Crippen molar-refractivity contribution in [1.29, 1.82) is 0 Å². The third-order valence-electron chi connectivity index (χ3n) is 4.05. The first-order valence-electron chi connectivity index (χ1n) is 9.18. The minimum absolute atomic E-state index is 0. The van der Waals surface area contributed by atoms with Gasteiger partial charge in [-0.05, 0) is 55.7 Å². The van der Waals surface area contributed by atoms with Gasteiger partial charge in [-0.3, -0.25) is 4.99 Å². The molecule has 2 N–H and O–H groups in total. The molecule has 2 aromatic rings. The molecule has 0 fully saturated rings. The Labute approximate surface area is 191 Å². The first-order valence-corrected chi connectivity index (χ1v) is 11.1. The van der Waals surface area contributed by atoms with E-state index in [-0.39, 0.29) is 30.1 Å². The van der Waals surface area contributed by atoms with Crippen LogP contribution in [0.25, 0.3) is 0 Å². The molecule has 8 heteroatoms. The number of hydrogen-bond acceptors (Lipinski definition) is 4. The highest BCUT2D eigenvalue weighted by atomic mass is 127. The lowest BCUT2D eigenvalue weighted by Crippen LogP contribution is -2.36. The summed E-state index contributed by atoms with van der Waals surface area (Å²) in [6.45, 7) is 6.96. The van der Waals surface area contributed by atoms with Gasteiger partial charge in [0.1, 0.15) is 5.75 Å². The molecule has 0 saturated carbocycles. The lowest BCUT2D eigenvalue weighted by atomic mass is 10.1. The second-order valence-corrected chi connectivity index (χ2v) is 8.95. The number of aryl methyl sites for hydroxylation is 1. The zero-order valence-electron chi connectivity index (χ0n) is 17.5. The Hall–Kier alpha value is -1.81. The molecule has 0 aliphatic rings. The minimum Gasteiger partial charge on any atom is -0.491 e. The largest absolute Gasteiger partial charge is 0.491 e. The van der Waals surface area contributed by atoms with Crippen molar-refractivity contribution in [2.75, 3.05) is 13.3 Å². The van der Waals surface area contributed by atoms with Crippen LogP contribution in [0.4, 0.5) is 0 Å². The summed E-state index contributed by atoms with van der Waals surface area (Å²) in [4.78, 5) is 4.60.